The summed E-state index contributed by atoms with van der Waals surface area (Å²) in [6.07, 6.45) is -5.79. The van der Waals surface area contributed by atoms with Crippen molar-refractivity contribution in [2.75, 3.05) is 19.0 Å². The number of nitrogens with one attached hydrogen (secondary N) is 1. The number of aryl methyl sites for hydroxylation is 1. The van der Waals surface area contributed by atoms with Crippen molar-refractivity contribution in [3.8, 4) is 17.2 Å². The highest BCUT2D eigenvalue weighted by atomic mass is 19.4. The minimum absolute atomic E-state index is 0.0735. The Morgan fingerprint density at radius 1 is 1.19 bits per heavy atom. The first kappa shape index (κ1) is 26.1. The Morgan fingerprint density at radius 3 is 2.43 bits per heavy atom. The van der Waals surface area contributed by atoms with Crippen molar-refractivity contribution >= 4 is 28.7 Å². The maximum absolute atomic E-state index is 14.3. The molecule has 12 heteroatoms. The minimum atomic E-state index is -4.94. The highest BCUT2D eigenvalue weighted by molar-refractivity contribution is 6.16. The van der Waals surface area contributed by atoms with Crippen LogP contribution in [-0.4, -0.2) is 40.9 Å². The number of pyridine rings is 1. The van der Waals surface area contributed by atoms with Gasteiger partial charge in [0.05, 0.1) is 30.7 Å². The average molecular weight is 521 g/mol. The second kappa shape index (κ2) is 8.86. The van der Waals surface area contributed by atoms with Crippen LogP contribution in [-0.2, 0) is 17.3 Å². The number of ether oxygens (including phenoxy) is 3. The van der Waals surface area contributed by atoms with E-state index in [4.69, 9.17) is 19.9 Å². The Labute approximate surface area is 210 Å². The maximum Gasteiger partial charge on any atom is 0.434 e. The number of amides is 2. The summed E-state index contributed by atoms with van der Waals surface area (Å²) < 4.78 is 60.9. The monoisotopic (exact) mass is 520 g/mol. The molecular formula is C25H27F3N4O5. The van der Waals surface area contributed by atoms with E-state index in [0.29, 0.717) is 22.6 Å². The van der Waals surface area contributed by atoms with Gasteiger partial charge in [0.15, 0.2) is 11.4 Å². The first-order valence-corrected chi connectivity index (χ1v) is 11.4. The molecule has 0 atom stereocenters. The van der Waals surface area contributed by atoms with Gasteiger partial charge in [0, 0.05) is 17.4 Å². The number of alkyl halides is 3. The van der Waals surface area contributed by atoms with E-state index in [-0.39, 0.29) is 35.8 Å². The molecule has 2 amide bonds. The fraction of sp³-hybridized carbons (Fsp3) is 0.400. The fourth-order valence-corrected chi connectivity index (χ4v) is 4.54. The van der Waals surface area contributed by atoms with E-state index < -0.39 is 40.4 Å². The van der Waals surface area contributed by atoms with Crippen LogP contribution in [0.1, 0.15) is 53.6 Å². The Bertz CT molecular complexity index is 1440. The zero-order chi connectivity index (χ0) is 27.4. The van der Waals surface area contributed by atoms with Crippen LogP contribution in [0, 0.1) is 13.8 Å². The molecule has 2 aromatic heterocycles. The predicted molar refractivity (Wildman–Crippen MR) is 130 cm³/mol. The summed E-state index contributed by atoms with van der Waals surface area (Å²) >= 11 is 0. The number of primary amides is 1. The van der Waals surface area contributed by atoms with Crippen LogP contribution in [0.5, 0.6) is 11.5 Å². The van der Waals surface area contributed by atoms with Crippen molar-refractivity contribution in [3.05, 3.63) is 40.2 Å². The summed E-state index contributed by atoms with van der Waals surface area (Å²) in [6, 6.07) is 3.42. The van der Waals surface area contributed by atoms with E-state index in [2.05, 4.69) is 10.3 Å². The van der Waals surface area contributed by atoms with Gasteiger partial charge in [-0.05, 0) is 46.2 Å². The number of benzene rings is 1. The lowest BCUT2D eigenvalue weighted by Gasteiger charge is -2.22. The van der Waals surface area contributed by atoms with Crippen molar-refractivity contribution in [2.24, 2.45) is 5.73 Å². The standard InChI is InChI=1S/C25H27F3N4O5/c1-11-7-8-14(35-6)12(2)17(11)32-18-15(20(25(26,27)28)30-13-9-10-36-19(13)18)16(21(29)33)22(32)31-23(34)37-24(3,4)5/h7-8H,9-10H2,1-6H3,(H2,29,33)(H,31,34). The van der Waals surface area contributed by atoms with Crippen molar-refractivity contribution in [2.45, 2.75) is 52.8 Å². The highest BCUT2D eigenvalue weighted by Crippen LogP contribution is 2.48. The van der Waals surface area contributed by atoms with Gasteiger partial charge in [-0.25, -0.2) is 9.78 Å². The first-order valence-electron chi connectivity index (χ1n) is 11.4. The van der Waals surface area contributed by atoms with Crippen molar-refractivity contribution in [1.82, 2.24) is 9.55 Å². The number of fused-ring (bicyclic) bond motifs is 3. The van der Waals surface area contributed by atoms with Gasteiger partial charge in [0.1, 0.15) is 22.7 Å². The molecule has 198 valence electrons. The molecule has 0 unspecified atom stereocenters. The van der Waals surface area contributed by atoms with E-state index in [1.165, 1.54) is 11.7 Å². The SMILES string of the molecule is COc1ccc(C)c(-n2c(NC(=O)OC(C)(C)C)c(C(N)=O)c3c(C(F)(F)F)nc4c(c32)OCC4)c1C. The number of rotatable bonds is 4. The van der Waals surface area contributed by atoms with Gasteiger partial charge in [-0.15, -0.1) is 0 Å². The number of nitrogens with zero attached hydrogens (tertiary/aromatic N) is 2. The number of halogens is 3. The zero-order valence-corrected chi connectivity index (χ0v) is 21.2. The van der Waals surface area contributed by atoms with Crippen LogP contribution in [0.2, 0.25) is 0 Å². The fourth-order valence-electron chi connectivity index (χ4n) is 4.54. The lowest BCUT2D eigenvalue weighted by atomic mass is 10.1. The minimum Gasteiger partial charge on any atom is -0.496 e. The molecule has 0 spiro atoms. The molecule has 37 heavy (non-hydrogen) atoms. The van der Waals surface area contributed by atoms with Crippen LogP contribution < -0.4 is 20.5 Å². The van der Waals surface area contributed by atoms with Gasteiger partial charge < -0.3 is 19.9 Å². The molecule has 1 aromatic carbocycles. The lowest BCUT2D eigenvalue weighted by Crippen LogP contribution is -2.29. The third-order valence-corrected chi connectivity index (χ3v) is 5.88. The number of nitrogens with two attached hydrogens (primary N) is 1. The number of hydrogen-bond donors (Lipinski definition) is 2. The number of hydrogen-bond acceptors (Lipinski definition) is 6. The zero-order valence-electron chi connectivity index (χ0n) is 21.2. The van der Waals surface area contributed by atoms with Crippen LogP contribution in [0.25, 0.3) is 16.6 Å². The molecule has 3 N–H and O–H groups in total. The average Bonchev–Trinajstić information content (AvgIpc) is 3.34. The summed E-state index contributed by atoms with van der Waals surface area (Å²) in [4.78, 5) is 29.5. The first-order chi connectivity index (χ1) is 17.2. The summed E-state index contributed by atoms with van der Waals surface area (Å²) in [6.45, 7) is 8.42. The Kier molecular flexibility index (Phi) is 6.25. The van der Waals surface area contributed by atoms with Gasteiger partial charge >= 0.3 is 12.3 Å². The Hall–Kier alpha value is -3.96. The summed E-state index contributed by atoms with van der Waals surface area (Å²) in [5.41, 5.74) is 4.39. The molecule has 0 radical (unpaired) electrons. The van der Waals surface area contributed by atoms with E-state index in [0.717, 1.165) is 0 Å². The van der Waals surface area contributed by atoms with Crippen LogP contribution in [0.15, 0.2) is 12.1 Å². The number of anilines is 1. The third-order valence-electron chi connectivity index (χ3n) is 5.88. The molecule has 0 saturated heterocycles. The summed E-state index contributed by atoms with van der Waals surface area (Å²) in [7, 11) is 1.45. The molecule has 3 heterocycles. The smallest absolute Gasteiger partial charge is 0.434 e. The summed E-state index contributed by atoms with van der Waals surface area (Å²) in [5, 5.41) is 1.90. The van der Waals surface area contributed by atoms with Crippen LogP contribution in [0.4, 0.5) is 23.8 Å². The third kappa shape index (κ3) is 4.51. The molecule has 0 fully saturated rings. The molecule has 9 nitrogen and oxygen atoms in total. The summed E-state index contributed by atoms with van der Waals surface area (Å²) in [5.74, 6) is -0.982. The number of aromatic nitrogens is 2. The van der Waals surface area contributed by atoms with Gasteiger partial charge in [-0.3, -0.25) is 14.7 Å². The van der Waals surface area contributed by atoms with Gasteiger partial charge in [0.25, 0.3) is 5.91 Å². The normalized spacial score (nSPS) is 13.3. The van der Waals surface area contributed by atoms with E-state index in [9.17, 15) is 22.8 Å². The quantitative estimate of drug-likeness (QED) is 0.497. The van der Waals surface area contributed by atoms with Gasteiger partial charge in [-0.1, -0.05) is 6.07 Å². The Morgan fingerprint density at radius 2 is 1.86 bits per heavy atom. The molecule has 1 aliphatic rings. The van der Waals surface area contributed by atoms with Gasteiger partial charge in [0.2, 0.25) is 0 Å². The molecule has 0 aliphatic carbocycles. The number of methoxy groups -OCH3 is 1. The number of carbonyl (C=O) groups is 2. The molecule has 1 aliphatic heterocycles. The maximum atomic E-state index is 14.3. The molecule has 3 aromatic rings. The van der Waals surface area contributed by atoms with Gasteiger partial charge in [-0.2, -0.15) is 13.2 Å². The van der Waals surface area contributed by atoms with E-state index in [1.807, 2.05) is 0 Å². The van der Waals surface area contributed by atoms with Crippen LogP contribution in [0.3, 0.4) is 0 Å². The Balaban J connectivity index is 2.24. The topological polar surface area (TPSA) is 118 Å². The second-order valence-corrected chi connectivity index (χ2v) is 9.66. The van der Waals surface area contributed by atoms with Crippen molar-refractivity contribution in [1.29, 1.82) is 0 Å². The molecular weight excluding hydrogens is 493 g/mol. The molecule has 0 saturated carbocycles. The largest absolute Gasteiger partial charge is 0.496 e. The molecule has 4 rings (SSSR count). The second-order valence-electron chi connectivity index (χ2n) is 9.66. The van der Waals surface area contributed by atoms with Crippen LogP contribution >= 0.6 is 0 Å². The van der Waals surface area contributed by atoms with Crippen molar-refractivity contribution < 1.29 is 37.0 Å². The number of carbonyl (C=O) groups excluding carboxylic acids is 2. The van der Waals surface area contributed by atoms with Crippen molar-refractivity contribution in [3.63, 3.8) is 0 Å². The lowest BCUT2D eigenvalue weighted by molar-refractivity contribution is -0.139. The highest BCUT2D eigenvalue weighted by Gasteiger charge is 2.42. The van der Waals surface area contributed by atoms with E-state index >= 15 is 0 Å². The van der Waals surface area contributed by atoms with E-state index in [1.54, 1.807) is 46.8 Å². The predicted octanol–water partition coefficient (Wildman–Crippen LogP) is 5.05. The molecule has 0 bridgehead atoms.